The number of amides is 2. The smallest absolute Gasteiger partial charge is 0.255 e. The van der Waals surface area contributed by atoms with Crippen LogP contribution in [0, 0.1) is 13.8 Å². The molecule has 4 aromatic carbocycles. The SMILES string of the molecule is CCOc1ccc(C(=O)Nc2ccc(-c3ccc(NC(=O)c4ccc(OCC)cc4)c(C)c3)cc2C)cc1. The Morgan fingerprint density at radius 3 is 1.26 bits per heavy atom. The van der Waals surface area contributed by atoms with Gasteiger partial charge in [-0.15, -0.1) is 0 Å². The van der Waals surface area contributed by atoms with Gasteiger partial charge >= 0.3 is 0 Å². The summed E-state index contributed by atoms with van der Waals surface area (Å²) in [5, 5.41) is 5.98. The van der Waals surface area contributed by atoms with Crippen LogP contribution in [-0.4, -0.2) is 25.0 Å². The van der Waals surface area contributed by atoms with E-state index in [9.17, 15) is 9.59 Å². The van der Waals surface area contributed by atoms with Gasteiger partial charge < -0.3 is 20.1 Å². The van der Waals surface area contributed by atoms with Crippen LogP contribution < -0.4 is 20.1 Å². The summed E-state index contributed by atoms with van der Waals surface area (Å²) in [7, 11) is 0. The highest BCUT2D eigenvalue weighted by Gasteiger charge is 2.12. The fourth-order valence-electron chi connectivity index (χ4n) is 4.09. The zero-order valence-corrected chi connectivity index (χ0v) is 22.1. The molecule has 0 saturated heterocycles. The van der Waals surface area contributed by atoms with E-state index in [0.29, 0.717) is 24.3 Å². The van der Waals surface area contributed by atoms with Crippen LogP contribution in [-0.2, 0) is 0 Å². The van der Waals surface area contributed by atoms with Gasteiger partial charge in [0, 0.05) is 22.5 Å². The van der Waals surface area contributed by atoms with Crippen molar-refractivity contribution in [3.05, 3.63) is 107 Å². The number of rotatable bonds is 9. The first-order chi connectivity index (χ1) is 18.4. The van der Waals surface area contributed by atoms with E-state index in [2.05, 4.69) is 10.6 Å². The van der Waals surface area contributed by atoms with Crippen LogP contribution in [0.2, 0.25) is 0 Å². The van der Waals surface area contributed by atoms with Crippen molar-refractivity contribution in [2.75, 3.05) is 23.8 Å². The lowest BCUT2D eigenvalue weighted by atomic mass is 9.99. The number of aryl methyl sites for hydroxylation is 2. The lowest BCUT2D eigenvalue weighted by Crippen LogP contribution is -2.13. The van der Waals surface area contributed by atoms with E-state index in [0.717, 1.165) is 45.1 Å². The van der Waals surface area contributed by atoms with E-state index in [4.69, 9.17) is 9.47 Å². The Balaban J connectivity index is 1.43. The van der Waals surface area contributed by atoms with Crippen molar-refractivity contribution >= 4 is 23.2 Å². The molecule has 4 aromatic rings. The van der Waals surface area contributed by atoms with Gasteiger partial charge in [0.15, 0.2) is 0 Å². The number of carbonyl (C=O) groups is 2. The topological polar surface area (TPSA) is 76.7 Å². The normalized spacial score (nSPS) is 10.5. The van der Waals surface area contributed by atoms with Crippen LogP contribution in [0.5, 0.6) is 11.5 Å². The molecule has 0 aliphatic heterocycles. The molecule has 0 heterocycles. The van der Waals surface area contributed by atoms with E-state index < -0.39 is 0 Å². The van der Waals surface area contributed by atoms with E-state index in [-0.39, 0.29) is 11.8 Å². The number of hydrogen-bond acceptors (Lipinski definition) is 4. The largest absolute Gasteiger partial charge is 0.494 e. The van der Waals surface area contributed by atoms with Gasteiger partial charge in [-0.05, 0) is 123 Å². The zero-order chi connectivity index (χ0) is 27.1. The molecule has 0 aliphatic carbocycles. The van der Waals surface area contributed by atoms with Gasteiger partial charge in [0.05, 0.1) is 13.2 Å². The van der Waals surface area contributed by atoms with E-state index in [1.54, 1.807) is 48.5 Å². The van der Waals surface area contributed by atoms with E-state index in [1.807, 2.05) is 64.1 Å². The fourth-order valence-corrected chi connectivity index (χ4v) is 4.09. The van der Waals surface area contributed by atoms with Crippen molar-refractivity contribution in [1.29, 1.82) is 0 Å². The van der Waals surface area contributed by atoms with Crippen LogP contribution in [0.3, 0.4) is 0 Å². The molecule has 6 nitrogen and oxygen atoms in total. The van der Waals surface area contributed by atoms with Crippen molar-refractivity contribution in [3.63, 3.8) is 0 Å². The third-order valence-electron chi connectivity index (χ3n) is 6.14. The van der Waals surface area contributed by atoms with Gasteiger partial charge in [-0.3, -0.25) is 9.59 Å². The molecule has 0 aromatic heterocycles. The molecule has 38 heavy (non-hydrogen) atoms. The highest BCUT2D eigenvalue weighted by atomic mass is 16.5. The summed E-state index contributed by atoms with van der Waals surface area (Å²) in [6, 6.07) is 26.0. The maximum Gasteiger partial charge on any atom is 0.255 e. The number of benzene rings is 4. The molecule has 0 atom stereocenters. The third kappa shape index (κ3) is 6.40. The summed E-state index contributed by atoms with van der Waals surface area (Å²) in [6.07, 6.45) is 0. The van der Waals surface area contributed by atoms with Crippen LogP contribution in [0.15, 0.2) is 84.9 Å². The molecule has 0 unspecified atom stereocenters. The molecule has 0 saturated carbocycles. The minimum absolute atomic E-state index is 0.174. The first-order valence-electron chi connectivity index (χ1n) is 12.7. The van der Waals surface area contributed by atoms with Crippen molar-refractivity contribution in [3.8, 4) is 22.6 Å². The maximum atomic E-state index is 12.7. The van der Waals surface area contributed by atoms with Crippen LogP contribution in [0.4, 0.5) is 11.4 Å². The van der Waals surface area contributed by atoms with E-state index >= 15 is 0 Å². The summed E-state index contributed by atoms with van der Waals surface area (Å²) < 4.78 is 10.9. The van der Waals surface area contributed by atoms with Crippen LogP contribution >= 0.6 is 0 Å². The van der Waals surface area contributed by atoms with Gasteiger partial charge in [0.2, 0.25) is 0 Å². The molecular weight excluding hydrogens is 476 g/mol. The molecule has 0 bridgehead atoms. The number of hydrogen-bond donors (Lipinski definition) is 2. The minimum Gasteiger partial charge on any atom is -0.494 e. The standard InChI is InChI=1S/C32H32N2O4/c1-5-37-27-13-7-23(8-14-27)31(35)33-29-17-11-25(19-21(29)3)26-12-18-30(22(4)20-26)34-32(36)24-9-15-28(16-10-24)38-6-2/h7-20H,5-6H2,1-4H3,(H,33,35)(H,34,36). The molecule has 2 amide bonds. The summed E-state index contributed by atoms with van der Waals surface area (Å²) in [5.74, 6) is 1.13. The molecule has 0 radical (unpaired) electrons. The van der Waals surface area contributed by atoms with Gasteiger partial charge in [0.1, 0.15) is 11.5 Å². The summed E-state index contributed by atoms with van der Waals surface area (Å²) in [4.78, 5) is 25.4. The Bertz CT molecular complexity index is 1320. The molecule has 4 rings (SSSR count). The lowest BCUT2D eigenvalue weighted by molar-refractivity contribution is 0.101. The second kappa shape index (κ2) is 12.1. The Kier molecular flexibility index (Phi) is 8.44. The first kappa shape index (κ1) is 26.5. The fraction of sp³-hybridized carbons (Fsp3) is 0.188. The Morgan fingerprint density at radius 2 is 0.947 bits per heavy atom. The lowest BCUT2D eigenvalue weighted by Gasteiger charge is -2.13. The molecular formula is C32H32N2O4. The summed E-state index contributed by atoms with van der Waals surface area (Å²) in [5.41, 5.74) is 6.58. The first-order valence-corrected chi connectivity index (χ1v) is 12.7. The van der Waals surface area contributed by atoms with Crippen molar-refractivity contribution in [2.24, 2.45) is 0 Å². The monoisotopic (exact) mass is 508 g/mol. The summed E-state index contributed by atoms with van der Waals surface area (Å²) >= 11 is 0. The van der Waals surface area contributed by atoms with Crippen molar-refractivity contribution in [1.82, 2.24) is 0 Å². The second-order valence-electron chi connectivity index (χ2n) is 8.88. The van der Waals surface area contributed by atoms with Crippen molar-refractivity contribution < 1.29 is 19.1 Å². The molecule has 194 valence electrons. The van der Waals surface area contributed by atoms with Gasteiger partial charge in [-0.1, -0.05) is 12.1 Å². The maximum absolute atomic E-state index is 12.7. The third-order valence-corrected chi connectivity index (χ3v) is 6.14. The minimum atomic E-state index is -0.174. The average Bonchev–Trinajstić information content (AvgIpc) is 2.92. The molecule has 0 spiro atoms. The Morgan fingerprint density at radius 1 is 0.579 bits per heavy atom. The molecule has 0 fully saturated rings. The predicted octanol–water partition coefficient (Wildman–Crippen LogP) is 7.27. The van der Waals surface area contributed by atoms with Crippen LogP contribution in [0.1, 0.15) is 45.7 Å². The highest BCUT2D eigenvalue weighted by Crippen LogP contribution is 2.29. The van der Waals surface area contributed by atoms with Crippen molar-refractivity contribution in [2.45, 2.75) is 27.7 Å². The van der Waals surface area contributed by atoms with Gasteiger partial charge in [0.25, 0.3) is 11.8 Å². The van der Waals surface area contributed by atoms with E-state index in [1.165, 1.54) is 0 Å². The predicted molar refractivity (Wildman–Crippen MR) is 152 cm³/mol. The number of anilines is 2. The molecule has 6 heteroatoms. The molecule has 2 N–H and O–H groups in total. The quantitative estimate of drug-likeness (QED) is 0.249. The second-order valence-corrected chi connectivity index (χ2v) is 8.88. The molecule has 0 aliphatic rings. The number of nitrogens with one attached hydrogen (secondary N) is 2. The Hall–Kier alpha value is -4.58. The average molecular weight is 509 g/mol. The number of ether oxygens (including phenoxy) is 2. The Labute approximate surface area is 223 Å². The van der Waals surface area contributed by atoms with Crippen LogP contribution in [0.25, 0.3) is 11.1 Å². The zero-order valence-electron chi connectivity index (χ0n) is 22.1. The summed E-state index contributed by atoms with van der Waals surface area (Å²) in [6.45, 7) is 8.94. The van der Waals surface area contributed by atoms with Gasteiger partial charge in [-0.25, -0.2) is 0 Å². The number of carbonyl (C=O) groups excluding carboxylic acids is 2. The highest BCUT2D eigenvalue weighted by molar-refractivity contribution is 6.05. The van der Waals surface area contributed by atoms with Gasteiger partial charge in [-0.2, -0.15) is 0 Å².